The average Bonchev–Trinajstić information content (AvgIpc) is 2.72. The summed E-state index contributed by atoms with van der Waals surface area (Å²) < 4.78 is 0. The first-order valence-corrected chi connectivity index (χ1v) is 7.41. The summed E-state index contributed by atoms with van der Waals surface area (Å²) >= 11 is 7.81. The van der Waals surface area contributed by atoms with Gasteiger partial charge in [0.05, 0.1) is 0 Å². The van der Waals surface area contributed by atoms with Gasteiger partial charge in [0, 0.05) is 22.5 Å². The van der Waals surface area contributed by atoms with Crippen molar-refractivity contribution in [3.63, 3.8) is 0 Å². The third kappa shape index (κ3) is 3.84. The lowest BCUT2D eigenvalue weighted by Crippen LogP contribution is -2.27. The summed E-state index contributed by atoms with van der Waals surface area (Å²) in [6.45, 7) is 5.32. The Bertz CT molecular complexity index is 507. The van der Waals surface area contributed by atoms with Crippen molar-refractivity contribution in [1.29, 1.82) is 0 Å². The van der Waals surface area contributed by atoms with Crippen LogP contribution in [0.1, 0.15) is 22.9 Å². The van der Waals surface area contributed by atoms with Crippen molar-refractivity contribution in [3.8, 4) is 0 Å². The molecule has 1 aromatic carbocycles. The largest absolute Gasteiger partial charge is 0.309 e. The van der Waals surface area contributed by atoms with E-state index >= 15 is 0 Å². The van der Waals surface area contributed by atoms with Gasteiger partial charge in [-0.25, -0.2) is 0 Å². The van der Waals surface area contributed by atoms with Crippen LogP contribution in [0.25, 0.3) is 0 Å². The number of hydrogen-bond acceptors (Lipinski definition) is 2. The van der Waals surface area contributed by atoms with Gasteiger partial charge in [0.25, 0.3) is 0 Å². The molecular weight excluding hydrogens is 262 g/mol. The third-order valence-electron chi connectivity index (χ3n) is 3.01. The predicted octanol–water partition coefficient (Wildman–Crippen LogP) is 4.43. The van der Waals surface area contributed by atoms with Gasteiger partial charge in [-0.05, 0) is 55.0 Å². The highest BCUT2D eigenvalue weighted by molar-refractivity contribution is 7.10. The normalized spacial score (nSPS) is 12.6. The number of nitrogens with one attached hydrogen (secondary N) is 1. The van der Waals surface area contributed by atoms with E-state index in [1.165, 1.54) is 16.0 Å². The van der Waals surface area contributed by atoms with Crippen LogP contribution in [-0.4, -0.2) is 6.04 Å². The molecule has 96 valence electrons. The zero-order valence-corrected chi connectivity index (χ0v) is 12.3. The SMILES string of the molecule is Cc1ccsc1CNC(C)Cc1cccc(Cl)c1. The monoisotopic (exact) mass is 279 g/mol. The van der Waals surface area contributed by atoms with Crippen molar-refractivity contribution in [3.05, 3.63) is 56.7 Å². The van der Waals surface area contributed by atoms with Crippen LogP contribution in [-0.2, 0) is 13.0 Å². The Hall–Kier alpha value is -0.830. The van der Waals surface area contributed by atoms with Crippen LogP contribution in [0.4, 0.5) is 0 Å². The minimum Gasteiger partial charge on any atom is -0.309 e. The zero-order valence-electron chi connectivity index (χ0n) is 10.7. The fraction of sp³-hybridized carbons (Fsp3) is 0.333. The Morgan fingerprint density at radius 2 is 2.17 bits per heavy atom. The predicted molar refractivity (Wildman–Crippen MR) is 80.5 cm³/mol. The van der Waals surface area contributed by atoms with E-state index in [1.54, 1.807) is 0 Å². The molecule has 1 unspecified atom stereocenters. The van der Waals surface area contributed by atoms with Crippen molar-refractivity contribution < 1.29 is 0 Å². The second kappa shape index (κ2) is 6.37. The Morgan fingerprint density at radius 1 is 1.33 bits per heavy atom. The van der Waals surface area contributed by atoms with Gasteiger partial charge in [-0.15, -0.1) is 11.3 Å². The molecule has 1 heterocycles. The number of thiophene rings is 1. The molecule has 2 aromatic rings. The average molecular weight is 280 g/mol. The van der Waals surface area contributed by atoms with Gasteiger partial charge >= 0.3 is 0 Å². The molecule has 0 aliphatic heterocycles. The Kier molecular flexibility index (Phi) is 4.81. The van der Waals surface area contributed by atoms with Crippen LogP contribution in [0.5, 0.6) is 0 Å². The summed E-state index contributed by atoms with van der Waals surface area (Å²) in [5, 5.41) is 6.52. The summed E-state index contributed by atoms with van der Waals surface area (Å²) in [5.74, 6) is 0. The van der Waals surface area contributed by atoms with Crippen LogP contribution in [0.3, 0.4) is 0 Å². The molecular formula is C15H18ClNS. The summed E-state index contributed by atoms with van der Waals surface area (Å²) in [5.41, 5.74) is 2.66. The molecule has 0 aliphatic rings. The van der Waals surface area contributed by atoms with Gasteiger partial charge in [0.1, 0.15) is 0 Å². The highest BCUT2D eigenvalue weighted by atomic mass is 35.5. The van der Waals surface area contributed by atoms with Crippen LogP contribution < -0.4 is 5.32 Å². The van der Waals surface area contributed by atoms with Crippen molar-refractivity contribution in [2.24, 2.45) is 0 Å². The van der Waals surface area contributed by atoms with Gasteiger partial charge < -0.3 is 5.32 Å². The fourth-order valence-electron chi connectivity index (χ4n) is 1.94. The highest BCUT2D eigenvalue weighted by Gasteiger charge is 2.05. The molecule has 1 aromatic heterocycles. The maximum Gasteiger partial charge on any atom is 0.0408 e. The molecule has 0 saturated carbocycles. The summed E-state index contributed by atoms with van der Waals surface area (Å²) in [4.78, 5) is 1.42. The lowest BCUT2D eigenvalue weighted by Gasteiger charge is -2.13. The van der Waals surface area contributed by atoms with Crippen LogP contribution in [0.2, 0.25) is 5.02 Å². The van der Waals surface area contributed by atoms with E-state index in [-0.39, 0.29) is 0 Å². The second-order valence-electron chi connectivity index (χ2n) is 4.64. The van der Waals surface area contributed by atoms with E-state index in [9.17, 15) is 0 Å². The van der Waals surface area contributed by atoms with Gasteiger partial charge in [-0.3, -0.25) is 0 Å². The molecule has 3 heteroatoms. The zero-order chi connectivity index (χ0) is 13.0. The molecule has 0 fully saturated rings. The summed E-state index contributed by atoms with van der Waals surface area (Å²) in [6.07, 6.45) is 1.00. The molecule has 1 atom stereocenters. The smallest absolute Gasteiger partial charge is 0.0408 e. The lowest BCUT2D eigenvalue weighted by molar-refractivity contribution is 0.548. The molecule has 0 bridgehead atoms. The van der Waals surface area contributed by atoms with E-state index in [4.69, 9.17) is 11.6 Å². The minimum absolute atomic E-state index is 0.449. The molecule has 0 spiro atoms. The van der Waals surface area contributed by atoms with Gasteiger partial charge in [0.2, 0.25) is 0 Å². The Labute approximate surface area is 118 Å². The highest BCUT2D eigenvalue weighted by Crippen LogP contribution is 2.16. The van der Waals surface area contributed by atoms with Crippen LogP contribution >= 0.6 is 22.9 Å². The summed E-state index contributed by atoms with van der Waals surface area (Å²) in [7, 11) is 0. The number of benzene rings is 1. The molecule has 0 amide bonds. The van der Waals surface area contributed by atoms with Gasteiger partial charge in [-0.2, -0.15) is 0 Å². The van der Waals surface area contributed by atoms with Gasteiger partial charge in [0.15, 0.2) is 0 Å². The molecule has 2 rings (SSSR count). The molecule has 0 aliphatic carbocycles. The molecule has 18 heavy (non-hydrogen) atoms. The van der Waals surface area contributed by atoms with E-state index in [0.29, 0.717) is 6.04 Å². The second-order valence-corrected chi connectivity index (χ2v) is 6.08. The maximum absolute atomic E-state index is 5.99. The van der Waals surface area contributed by atoms with Crippen LogP contribution in [0, 0.1) is 6.92 Å². The first kappa shape index (κ1) is 13.6. The number of halogens is 1. The minimum atomic E-state index is 0.449. The summed E-state index contributed by atoms with van der Waals surface area (Å²) in [6, 6.07) is 10.7. The van der Waals surface area contributed by atoms with Crippen LogP contribution in [0.15, 0.2) is 35.7 Å². The number of hydrogen-bond donors (Lipinski definition) is 1. The van der Waals surface area contributed by atoms with Gasteiger partial charge in [-0.1, -0.05) is 23.7 Å². The number of rotatable bonds is 5. The fourth-order valence-corrected chi connectivity index (χ4v) is 3.01. The molecule has 0 radical (unpaired) electrons. The first-order valence-electron chi connectivity index (χ1n) is 6.16. The standard InChI is InChI=1S/C15H18ClNS/c1-11-6-7-18-15(11)10-17-12(2)8-13-4-3-5-14(16)9-13/h3-7,9,12,17H,8,10H2,1-2H3. The maximum atomic E-state index is 5.99. The van der Waals surface area contributed by atoms with E-state index in [1.807, 2.05) is 29.5 Å². The first-order chi connectivity index (χ1) is 8.65. The van der Waals surface area contributed by atoms with Crippen molar-refractivity contribution in [1.82, 2.24) is 5.32 Å². The van der Waals surface area contributed by atoms with E-state index in [0.717, 1.165) is 18.0 Å². The van der Waals surface area contributed by atoms with Crippen molar-refractivity contribution in [2.75, 3.05) is 0 Å². The quantitative estimate of drug-likeness (QED) is 0.854. The third-order valence-corrected chi connectivity index (χ3v) is 4.27. The van der Waals surface area contributed by atoms with E-state index in [2.05, 4.69) is 36.7 Å². The molecule has 1 nitrogen and oxygen atoms in total. The topological polar surface area (TPSA) is 12.0 Å². The molecule has 1 N–H and O–H groups in total. The lowest BCUT2D eigenvalue weighted by atomic mass is 10.1. The Balaban J connectivity index is 1.86. The van der Waals surface area contributed by atoms with E-state index < -0.39 is 0 Å². The van der Waals surface area contributed by atoms with Crippen molar-refractivity contribution in [2.45, 2.75) is 32.9 Å². The van der Waals surface area contributed by atoms with Crippen molar-refractivity contribution >= 4 is 22.9 Å². The number of aryl methyl sites for hydroxylation is 1. The molecule has 0 saturated heterocycles. The Morgan fingerprint density at radius 3 is 2.83 bits per heavy atom.